The summed E-state index contributed by atoms with van der Waals surface area (Å²) in [6.45, 7) is 1.81. The predicted molar refractivity (Wildman–Crippen MR) is 61.7 cm³/mol. The first-order valence-electron chi connectivity index (χ1n) is 4.17. The van der Waals surface area contributed by atoms with Gasteiger partial charge in [-0.3, -0.25) is 4.79 Å². The molecule has 0 aliphatic rings. The average Bonchev–Trinajstić information content (AvgIpc) is 2.18. The van der Waals surface area contributed by atoms with E-state index in [0.717, 1.165) is 5.69 Å². The number of rotatable bonds is 4. The van der Waals surface area contributed by atoms with E-state index in [1.807, 2.05) is 6.92 Å². The van der Waals surface area contributed by atoms with Crippen molar-refractivity contribution < 1.29 is 15.0 Å². The number of nitrogens with zero attached hydrogens (tertiary/aromatic N) is 1. The smallest absolute Gasteiger partial charge is 0.318 e. The van der Waals surface area contributed by atoms with E-state index >= 15 is 0 Å². The number of alkyl halides is 1. The summed E-state index contributed by atoms with van der Waals surface area (Å²) in [5.41, 5.74) is 0.789. The largest absolute Gasteiger partial charge is 0.505 e. The molecule has 6 heteroatoms. The van der Waals surface area contributed by atoms with Gasteiger partial charge in [0.1, 0.15) is 15.6 Å². The predicted octanol–water partition coefficient (Wildman–Crippen LogP) is 2.04. The van der Waals surface area contributed by atoms with Crippen molar-refractivity contribution in [3.05, 3.63) is 17.8 Å². The zero-order valence-electron chi connectivity index (χ0n) is 7.98. The molecule has 0 bridgehead atoms. The van der Waals surface area contributed by atoms with E-state index in [9.17, 15) is 9.90 Å². The van der Waals surface area contributed by atoms with E-state index in [1.54, 1.807) is 12.1 Å². The molecule has 0 saturated carbocycles. The van der Waals surface area contributed by atoms with E-state index in [2.05, 4.69) is 20.9 Å². The number of pyridine rings is 1. The Kier molecular flexibility index (Phi) is 4.41. The number of hydrogen-bond acceptors (Lipinski definition) is 4. The third-order valence-corrected chi connectivity index (χ3v) is 3.83. The standard InChI is InChI=1S/C9H10BrNO3S/c1-5-2-3-7(12)8(11-5)15-4-6(10)9(13)14/h2-3,6,12H,4H2,1H3,(H,13,14)/t6-/m0/s1. The highest BCUT2D eigenvalue weighted by atomic mass is 79.9. The number of aromatic nitrogens is 1. The van der Waals surface area contributed by atoms with Crippen molar-refractivity contribution in [3.8, 4) is 5.75 Å². The van der Waals surface area contributed by atoms with E-state index in [4.69, 9.17) is 5.11 Å². The maximum absolute atomic E-state index is 10.5. The molecule has 1 heterocycles. The van der Waals surface area contributed by atoms with Gasteiger partial charge in [0.15, 0.2) is 0 Å². The van der Waals surface area contributed by atoms with Gasteiger partial charge < -0.3 is 10.2 Å². The summed E-state index contributed by atoms with van der Waals surface area (Å²) < 4.78 is 0. The molecule has 0 amide bonds. The molecule has 0 unspecified atom stereocenters. The van der Waals surface area contributed by atoms with E-state index < -0.39 is 10.8 Å². The molecular formula is C9H10BrNO3S. The number of halogens is 1. The average molecular weight is 292 g/mol. The van der Waals surface area contributed by atoms with Gasteiger partial charge in [-0.1, -0.05) is 15.9 Å². The van der Waals surface area contributed by atoms with E-state index in [-0.39, 0.29) is 5.75 Å². The van der Waals surface area contributed by atoms with Crippen molar-refractivity contribution in [2.75, 3.05) is 5.75 Å². The molecule has 15 heavy (non-hydrogen) atoms. The summed E-state index contributed by atoms with van der Waals surface area (Å²) in [5.74, 6) is -0.523. The monoisotopic (exact) mass is 291 g/mol. The molecule has 1 aromatic rings. The second-order valence-corrected chi connectivity index (χ2v) is 5.01. The summed E-state index contributed by atoms with van der Waals surface area (Å²) in [6, 6.07) is 3.25. The van der Waals surface area contributed by atoms with Crippen molar-refractivity contribution in [3.63, 3.8) is 0 Å². The first-order chi connectivity index (χ1) is 7.00. The van der Waals surface area contributed by atoms with Crippen LogP contribution in [0.15, 0.2) is 17.2 Å². The Bertz CT molecular complexity index is 372. The van der Waals surface area contributed by atoms with Gasteiger partial charge in [0.25, 0.3) is 0 Å². The lowest BCUT2D eigenvalue weighted by Crippen LogP contribution is -2.15. The molecule has 0 aliphatic heterocycles. The number of aryl methyl sites for hydroxylation is 1. The third kappa shape index (κ3) is 3.71. The van der Waals surface area contributed by atoms with Crippen LogP contribution >= 0.6 is 27.7 Å². The summed E-state index contributed by atoms with van der Waals surface area (Å²) in [4.78, 5) is 14.0. The quantitative estimate of drug-likeness (QED) is 0.656. The van der Waals surface area contributed by atoms with Crippen LogP contribution in [0, 0.1) is 6.92 Å². The molecule has 82 valence electrons. The minimum Gasteiger partial charge on any atom is -0.505 e. The number of hydrogen-bond donors (Lipinski definition) is 2. The molecule has 0 aliphatic carbocycles. The molecule has 0 fully saturated rings. The van der Waals surface area contributed by atoms with Gasteiger partial charge in [-0.05, 0) is 19.1 Å². The molecule has 1 rings (SSSR count). The SMILES string of the molecule is Cc1ccc(O)c(SC[C@H](Br)C(=O)O)n1. The minimum atomic E-state index is -0.922. The highest BCUT2D eigenvalue weighted by molar-refractivity contribution is 9.10. The molecule has 1 aromatic heterocycles. The van der Waals surface area contributed by atoms with Crippen molar-refractivity contribution in [1.29, 1.82) is 0 Å². The van der Waals surface area contributed by atoms with Crippen LogP contribution in [-0.4, -0.2) is 31.7 Å². The van der Waals surface area contributed by atoms with Crippen molar-refractivity contribution in [2.24, 2.45) is 0 Å². The lowest BCUT2D eigenvalue weighted by Gasteiger charge is -2.06. The highest BCUT2D eigenvalue weighted by Gasteiger charge is 2.14. The summed E-state index contributed by atoms with van der Waals surface area (Å²) in [7, 11) is 0. The van der Waals surface area contributed by atoms with Crippen LogP contribution in [0.1, 0.15) is 5.69 Å². The molecular weight excluding hydrogens is 282 g/mol. The fourth-order valence-corrected chi connectivity index (χ4v) is 2.12. The van der Waals surface area contributed by atoms with Gasteiger partial charge in [0.05, 0.1) is 0 Å². The highest BCUT2D eigenvalue weighted by Crippen LogP contribution is 2.27. The van der Waals surface area contributed by atoms with Gasteiger partial charge in [0, 0.05) is 11.4 Å². The molecule has 4 nitrogen and oxygen atoms in total. The Morgan fingerprint density at radius 2 is 2.33 bits per heavy atom. The fraction of sp³-hybridized carbons (Fsp3) is 0.333. The number of carboxylic acids is 1. The first kappa shape index (κ1) is 12.3. The van der Waals surface area contributed by atoms with Gasteiger partial charge in [0.2, 0.25) is 0 Å². The zero-order valence-corrected chi connectivity index (χ0v) is 10.4. The van der Waals surface area contributed by atoms with E-state index in [1.165, 1.54) is 11.8 Å². The fourth-order valence-electron chi connectivity index (χ4n) is 0.855. The summed E-state index contributed by atoms with van der Waals surface area (Å²) in [6.07, 6.45) is 0. The van der Waals surface area contributed by atoms with Crippen LogP contribution in [-0.2, 0) is 4.79 Å². The number of thioether (sulfide) groups is 1. The van der Waals surface area contributed by atoms with Gasteiger partial charge in [-0.2, -0.15) is 0 Å². The van der Waals surface area contributed by atoms with Gasteiger partial charge >= 0.3 is 5.97 Å². The number of carbonyl (C=O) groups is 1. The number of aliphatic carboxylic acids is 1. The van der Waals surface area contributed by atoms with Crippen molar-refractivity contribution in [2.45, 2.75) is 16.8 Å². The van der Waals surface area contributed by atoms with Crippen LogP contribution in [0.4, 0.5) is 0 Å². The van der Waals surface area contributed by atoms with Gasteiger partial charge in [-0.15, -0.1) is 11.8 Å². The maximum atomic E-state index is 10.5. The second kappa shape index (κ2) is 5.37. The second-order valence-electron chi connectivity index (χ2n) is 2.89. The summed E-state index contributed by atoms with van der Waals surface area (Å²) in [5, 5.41) is 18.5. The van der Waals surface area contributed by atoms with Crippen molar-refractivity contribution in [1.82, 2.24) is 4.98 Å². The third-order valence-electron chi connectivity index (χ3n) is 1.61. The lowest BCUT2D eigenvalue weighted by molar-refractivity contribution is -0.135. The van der Waals surface area contributed by atoms with Crippen LogP contribution < -0.4 is 0 Å². The Hall–Kier alpha value is -0.750. The summed E-state index contributed by atoms with van der Waals surface area (Å²) >= 11 is 4.22. The molecule has 1 atom stereocenters. The lowest BCUT2D eigenvalue weighted by atomic mass is 10.4. The number of aromatic hydroxyl groups is 1. The molecule has 0 aromatic carbocycles. The van der Waals surface area contributed by atoms with Crippen LogP contribution in [0.3, 0.4) is 0 Å². The Labute approximate surface area is 99.9 Å². The van der Waals surface area contributed by atoms with Crippen LogP contribution in [0.25, 0.3) is 0 Å². The maximum Gasteiger partial charge on any atom is 0.318 e. The molecule has 2 N–H and O–H groups in total. The topological polar surface area (TPSA) is 70.4 Å². The van der Waals surface area contributed by atoms with E-state index in [0.29, 0.717) is 10.8 Å². The Balaban J connectivity index is 2.65. The zero-order chi connectivity index (χ0) is 11.4. The molecule has 0 spiro atoms. The minimum absolute atomic E-state index is 0.0793. The van der Waals surface area contributed by atoms with Crippen LogP contribution in [0.2, 0.25) is 0 Å². The number of carboxylic acid groups (broad SMARTS) is 1. The van der Waals surface area contributed by atoms with Crippen LogP contribution in [0.5, 0.6) is 5.75 Å². The van der Waals surface area contributed by atoms with Gasteiger partial charge in [-0.25, -0.2) is 4.98 Å². The Morgan fingerprint density at radius 3 is 2.93 bits per heavy atom. The molecule has 0 radical (unpaired) electrons. The Morgan fingerprint density at radius 1 is 1.67 bits per heavy atom. The normalized spacial score (nSPS) is 12.4. The first-order valence-corrected chi connectivity index (χ1v) is 6.07. The van der Waals surface area contributed by atoms with Crippen molar-refractivity contribution >= 4 is 33.7 Å². The molecule has 0 saturated heterocycles.